The number of piperidine rings is 1. The van der Waals surface area contributed by atoms with Gasteiger partial charge < -0.3 is 14.5 Å². The molecule has 0 aromatic heterocycles. The Hall–Kier alpha value is -2.66. The van der Waals surface area contributed by atoms with Gasteiger partial charge in [0.1, 0.15) is 12.6 Å². The third-order valence-electron chi connectivity index (χ3n) is 5.97. The van der Waals surface area contributed by atoms with Gasteiger partial charge in [-0.15, -0.1) is 0 Å². The van der Waals surface area contributed by atoms with Crippen LogP contribution in [-0.2, 0) is 27.3 Å². The highest BCUT2D eigenvalue weighted by Gasteiger charge is 2.37. The average molecular weight is 392 g/mol. The molecule has 0 N–H and O–H groups in total. The Balaban J connectivity index is 1.37. The van der Waals surface area contributed by atoms with Gasteiger partial charge in [-0.25, -0.2) is 0 Å². The number of carbonyl (C=O) groups excluding carboxylic acids is 2. The SMILES string of the molecule is O=C(C1COCC(=O)N1Cc1ccccc1)N1CCC(Cc2ccccc2)CC1. The number of morpholine rings is 1. The van der Waals surface area contributed by atoms with Gasteiger partial charge in [-0.2, -0.15) is 0 Å². The van der Waals surface area contributed by atoms with Crippen molar-refractivity contribution in [2.24, 2.45) is 5.92 Å². The number of likely N-dealkylation sites (tertiary alicyclic amines) is 1. The molecule has 2 aliphatic rings. The average Bonchev–Trinajstić information content (AvgIpc) is 2.77. The van der Waals surface area contributed by atoms with Crippen LogP contribution in [0.15, 0.2) is 60.7 Å². The molecule has 0 spiro atoms. The number of hydrogen-bond acceptors (Lipinski definition) is 3. The lowest BCUT2D eigenvalue weighted by molar-refractivity contribution is -0.160. The van der Waals surface area contributed by atoms with Crippen molar-refractivity contribution in [3.05, 3.63) is 71.8 Å². The predicted molar refractivity (Wildman–Crippen MR) is 111 cm³/mol. The second kappa shape index (κ2) is 9.23. The number of carbonyl (C=O) groups is 2. The summed E-state index contributed by atoms with van der Waals surface area (Å²) in [6, 6.07) is 19.8. The van der Waals surface area contributed by atoms with Gasteiger partial charge in [0.15, 0.2) is 0 Å². The lowest BCUT2D eigenvalue weighted by Crippen LogP contribution is -2.57. The molecule has 2 aromatic carbocycles. The van der Waals surface area contributed by atoms with Crippen molar-refractivity contribution in [2.75, 3.05) is 26.3 Å². The number of nitrogens with zero attached hydrogens (tertiary/aromatic N) is 2. The second-order valence-corrected chi connectivity index (χ2v) is 8.00. The molecular formula is C24H28N2O3. The monoisotopic (exact) mass is 392 g/mol. The topological polar surface area (TPSA) is 49.9 Å². The Morgan fingerprint density at radius 3 is 2.21 bits per heavy atom. The summed E-state index contributed by atoms with van der Waals surface area (Å²) in [5, 5.41) is 0. The van der Waals surface area contributed by atoms with E-state index in [9.17, 15) is 9.59 Å². The van der Waals surface area contributed by atoms with Crippen molar-refractivity contribution in [3.63, 3.8) is 0 Å². The summed E-state index contributed by atoms with van der Waals surface area (Å²) in [6.45, 7) is 2.28. The molecule has 0 saturated carbocycles. The molecule has 1 atom stereocenters. The maximum absolute atomic E-state index is 13.2. The number of benzene rings is 2. The first-order valence-electron chi connectivity index (χ1n) is 10.4. The molecule has 2 heterocycles. The summed E-state index contributed by atoms with van der Waals surface area (Å²) in [7, 11) is 0. The Morgan fingerprint density at radius 2 is 1.55 bits per heavy atom. The van der Waals surface area contributed by atoms with Gasteiger partial charge in [0.2, 0.25) is 11.8 Å². The van der Waals surface area contributed by atoms with Crippen molar-refractivity contribution < 1.29 is 14.3 Å². The normalized spacial score (nSPS) is 20.7. The van der Waals surface area contributed by atoms with Crippen LogP contribution in [0.3, 0.4) is 0 Å². The molecule has 0 aliphatic carbocycles. The quantitative estimate of drug-likeness (QED) is 0.786. The van der Waals surface area contributed by atoms with Crippen LogP contribution in [0.2, 0.25) is 0 Å². The third-order valence-corrected chi connectivity index (χ3v) is 5.97. The zero-order valence-electron chi connectivity index (χ0n) is 16.7. The van der Waals surface area contributed by atoms with E-state index >= 15 is 0 Å². The largest absolute Gasteiger partial charge is 0.369 e. The Kier molecular flexibility index (Phi) is 6.25. The highest BCUT2D eigenvalue weighted by Crippen LogP contribution is 2.24. The summed E-state index contributed by atoms with van der Waals surface area (Å²) < 4.78 is 5.44. The van der Waals surface area contributed by atoms with E-state index in [-0.39, 0.29) is 25.0 Å². The molecular weight excluding hydrogens is 364 g/mol. The van der Waals surface area contributed by atoms with E-state index in [0.717, 1.165) is 37.9 Å². The number of hydrogen-bond donors (Lipinski definition) is 0. The maximum atomic E-state index is 13.2. The second-order valence-electron chi connectivity index (χ2n) is 8.00. The summed E-state index contributed by atoms with van der Waals surface area (Å²) in [5.74, 6) is 0.510. The maximum Gasteiger partial charge on any atom is 0.249 e. The fourth-order valence-electron chi connectivity index (χ4n) is 4.30. The summed E-state index contributed by atoms with van der Waals surface area (Å²) in [4.78, 5) is 29.3. The first kappa shape index (κ1) is 19.6. The van der Waals surface area contributed by atoms with Crippen LogP contribution in [0.5, 0.6) is 0 Å². The molecule has 2 fully saturated rings. The van der Waals surface area contributed by atoms with Crippen molar-refractivity contribution in [3.8, 4) is 0 Å². The first-order valence-corrected chi connectivity index (χ1v) is 10.4. The summed E-state index contributed by atoms with van der Waals surface area (Å²) in [6.07, 6.45) is 3.07. The number of ether oxygens (including phenoxy) is 1. The van der Waals surface area contributed by atoms with Gasteiger partial charge in [0, 0.05) is 19.6 Å². The predicted octanol–water partition coefficient (Wildman–Crippen LogP) is 2.90. The fourth-order valence-corrected chi connectivity index (χ4v) is 4.30. The molecule has 152 valence electrons. The van der Waals surface area contributed by atoms with Crippen molar-refractivity contribution >= 4 is 11.8 Å². The van der Waals surface area contributed by atoms with Crippen LogP contribution in [0.25, 0.3) is 0 Å². The smallest absolute Gasteiger partial charge is 0.249 e. The van der Waals surface area contributed by atoms with E-state index in [4.69, 9.17) is 4.74 Å². The van der Waals surface area contributed by atoms with E-state index in [1.165, 1.54) is 5.56 Å². The lowest BCUT2D eigenvalue weighted by Gasteiger charge is -2.39. The van der Waals surface area contributed by atoms with Gasteiger partial charge in [0.25, 0.3) is 0 Å². The number of rotatable bonds is 5. The Bertz CT molecular complexity index is 817. The minimum Gasteiger partial charge on any atom is -0.369 e. The van der Waals surface area contributed by atoms with E-state index in [1.54, 1.807) is 4.90 Å². The van der Waals surface area contributed by atoms with Crippen molar-refractivity contribution in [1.29, 1.82) is 0 Å². The van der Waals surface area contributed by atoms with Crippen molar-refractivity contribution in [2.45, 2.75) is 31.8 Å². The Labute approximate surface area is 172 Å². The molecule has 5 heteroatoms. The van der Waals surface area contributed by atoms with Crippen LogP contribution in [0.4, 0.5) is 0 Å². The zero-order chi connectivity index (χ0) is 20.1. The summed E-state index contributed by atoms with van der Waals surface area (Å²) >= 11 is 0. The molecule has 4 rings (SSSR count). The fraction of sp³-hybridized carbons (Fsp3) is 0.417. The Morgan fingerprint density at radius 1 is 0.931 bits per heavy atom. The van der Waals surface area contributed by atoms with Crippen LogP contribution in [0, 0.1) is 5.92 Å². The van der Waals surface area contributed by atoms with Crippen molar-refractivity contribution in [1.82, 2.24) is 9.80 Å². The minimum atomic E-state index is -0.526. The van der Waals surface area contributed by atoms with Gasteiger partial charge in [-0.3, -0.25) is 9.59 Å². The third kappa shape index (κ3) is 4.85. The molecule has 2 aromatic rings. The zero-order valence-corrected chi connectivity index (χ0v) is 16.7. The molecule has 2 saturated heterocycles. The molecule has 5 nitrogen and oxygen atoms in total. The van der Waals surface area contributed by atoms with Gasteiger partial charge in [-0.1, -0.05) is 60.7 Å². The minimum absolute atomic E-state index is 0.0205. The lowest BCUT2D eigenvalue weighted by atomic mass is 9.90. The van der Waals surface area contributed by atoms with Gasteiger partial charge >= 0.3 is 0 Å². The van der Waals surface area contributed by atoms with Crippen LogP contribution >= 0.6 is 0 Å². The van der Waals surface area contributed by atoms with Gasteiger partial charge in [-0.05, 0) is 36.3 Å². The van der Waals surface area contributed by atoms with Crippen LogP contribution in [-0.4, -0.2) is 54.0 Å². The molecule has 29 heavy (non-hydrogen) atoms. The standard InChI is InChI=1S/C24H28N2O3/c27-23-18-29-17-22(26(23)16-21-9-5-2-6-10-21)24(28)25-13-11-20(12-14-25)15-19-7-3-1-4-8-19/h1-10,20,22H,11-18H2. The van der Waals surface area contributed by atoms with E-state index < -0.39 is 6.04 Å². The van der Waals surface area contributed by atoms with E-state index in [1.807, 2.05) is 41.3 Å². The molecule has 0 radical (unpaired) electrons. The van der Waals surface area contributed by atoms with Gasteiger partial charge in [0.05, 0.1) is 6.61 Å². The molecule has 0 bridgehead atoms. The van der Waals surface area contributed by atoms with Crippen LogP contribution < -0.4 is 0 Å². The van der Waals surface area contributed by atoms with E-state index in [0.29, 0.717) is 12.5 Å². The first-order chi connectivity index (χ1) is 14.2. The molecule has 1 unspecified atom stereocenters. The van der Waals surface area contributed by atoms with Crippen LogP contribution in [0.1, 0.15) is 24.0 Å². The highest BCUT2D eigenvalue weighted by atomic mass is 16.5. The number of amides is 2. The summed E-state index contributed by atoms with van der Waals surface area (Å²) in [5.41, 5.74) is 2.39. The highest BCUT2D eigenvalue weighted by molar-refractivity contribution is 5.89. The molecule has 2 amide bonds. The van der Waals surface area contributed by atoms with E-state index in [2.05, 4.69) is 24.3 Å². The molecule has 2 aliphatic heterocycles.